The molecule has 0 spiro atoms. The molecule has 11 heteroatoms. The van der Waals surface area contributed by atoms with Crippen LogP contribution in [0, 0.1) is 17.8 Å². The summed E-state index contributed by atoms with van der Waals surface area (Å²) in [4.78, 5) is 70.1. The highest BCUT2D eigenvalue weighted by Crippen LogP contribution is 2.33. The summed E-state index contributed by atoms with van der Waals surface area (Å²) in [6.07, 6.45) is 11.8. The molecule has 1 aliphatic heterocycles. The van der Waals surface area contributed by atoms with Crippen molar-refractivity contribution in [2.45, 2.75) is 108 Å². The Hall–Kier alpha value is -2.91. The third-order valence-corrected chi connectivity index (χ3v) is 10.3. The molecule has 2 aliphatic carbocycles. The Morgan fingerprint density at radius 1 is 0.867 bits per heavy atom. The third kappa shape index (κ3) is 8.88. The van der Waals surface area contributed by atoms with Crippen LogP contribution in [0.5, 0.6) is 0 Å². The molecule has 2 aromatic rings. The molecule has 3 fully saturated rings. The second-order valence-electron chi connectivity index (χ2n) is 13.2. The summed E-state index contributed by atoms with van der Waals surface area (Å²) in [6, 6.07) is 3.76. The van der Waals surface area contributed by atoms with Crippen LogP contribution in [0.1, 0.15) is 107 Å². The molecule has 1 saturated heterocycles. The molecule has 0 bridgehead atoms. The summed E-state index contributed by atoms with van der Waals surface area (Å²) in [5.74, 6) is -3.24. The first-order chi connectivity index (χ1) is 21.7. The number of hydrogen-bond acceptors (Lipinski definition) is 5. The first-order valence-corrected chi connectivity index (χ1v) is 17.4. The maximum Gasteiger partial charge on any atom is 0.289 e. The normalized spacial score (nSPS) is 21.1. The molecule has 5 rings (SSSR count). The average Bonchev–Trinajstić information content (AvgIpc) is 3.47. The van der Waals surface area contributed by atoms with Gasteiger partial charge in [-0.1, -0.05) is 74.6 Å². The molecule has 3 aliphatic rings. The number of piperidine rings is 1. The van der Waals surface area contributed by atoms with Crippen molar-refractivity contribution in [1.29, 1.82) is 0 Å². The summed E-state index contributed by atoms with van der Waals surface area (Å²) in [5, 5.41) is 10.1. The number of benzene rings is 1. The molecule has 4 N–H and O–H groups in total. The molecule has 0 unspecified atom stereocenters. The fraction of sp³-hybridized carbons (Fsp3) is 0.618. The van der Waals surface area contributed by atoms with E-state index in [2.05, 4.69) is 20.9 Å². The van der Waals surface area contributed by atoms with E-state index in [9.17, 15) is 24.0 Å². The number of aromatic nitrogens is 1. The van der Waals surface area contributed by atoms with E-state index in [1.807, 2.05) is 0 Å². The summed E-state index contributed by atoms with van der Waals surface area (Å²) >= 11 is 12.5. The van der Waals surface area contributed by atoms with Gasteiger partial charge in [0.15, 0.2) is 5.78 Å². The van der Waals surface area contributed by atoms with E-state index in [1.165, 1.54) is 0 Å². The molecule has 2 saturated carbocycles. The van der Waals surface area contributed by atoms with Crippen LogP contribution < -0.4 is 16.0 Å². The van der Waals surface area contributed by atoms with Crippen molar-refractivity contribution in [2.24, 2.45) is 17.8 Å². The minimum Gasteiger partial charge on any atom is -0.356 e. The number of hydrogen-bond donors (Lipinski definition) is 4. The molecule has 3 atom stereocenters. The third-order valence-electron chi connectivity index (χ3n) is 9.81. The smallest absolute Gasteiger partial charge is 0.289 e. The van der Waals surface area contributed by atoms with Crippen LogP contribution in [0.25, 0.3) is 10.9 Å². The van der Waals surface area contributed by atoms with Gasteiger partial charge in [0.05, 0.1) is 16.8 Å². The van der Waals surface area contributed by atoms with Gasteiger partial charge in [0.2, 0.25) is 17.6 Å². The Morgan fingerprint density at radius 3 is 2.29 bits per heavy atom. The molecule has 0 radical (unpaired) electrons. The van der Waals surface area contributed by atoms with E-state index in [0.29, 0.717) is 46.0 Å². The Balaban J connectivity index is 1.35. The predicted octanol–water partition coefficient (Wildman–Crippen LogP) is 6.05. The van der Waals surface area contributed by atoms with E-state index in [-0.39, 0.29) is 36.5 Å². The number of fused-ring (bicyclic) bond motifs is 1. The van der Waals surface area contributed by atoms with Crippen LogP contribution in [-0.2, 0) is 19.2 Å². The zero-order chi connectivity index (χ0) is 31.9. The number of Topliss-reactive ketones (excluding diaryl/α,β-unsaturated/α-hetero) is 2. The summed E-state index contributed by atoms with van der Waals surface area (Å²) in [6.45, 7) is 0.569. The number of ketones is 2. The van der Waals surface area contributed by atoms with Crippen molar-refractivity contribution >= 4 is 63.4 Å². The van der Waals surface area contributed by atoms with E-state index in [4.69, 9.17) is 23.2 Å². The molecule has 45 heavy (non-hydrogen) atoms. The maximum absolute atomic E-state index is 14.0. The lowest BCUT2D eigenvalue weighted by Crippen LogP contribution is -2.53. The number of halogens is 2. The zero-order valence-corrected chi connectivity index (χ0v) is 27.2. The van der Waals surface area contributed by atoms with Crippen molar-refractivity contribution < 1.29 is 24.0 Å². The SMILES string of the molecule is O=C(NC1CCCCC1)C(=O)[C@H](C[C@@H]1CCCNC1=O)NC(=O)[C@@H](CC(=O)c1cc2c(Cl)cc(Cl)cc2[nH]1)CC1CCCCC1. The summed E-state index contributed by atoms with van der Waals surface area (Å²) in [7, 11) is 0. The van der Waals surface area contributed by atoms with Gasteiger partial charge in [-0.05, 0) is 62.6 Å². The van der Waals surface area contributed by atoms with Crippen LogP contribution in [-0.4, -0.2) is 52.9 Å². The van der Waals surface area contributed by atoms with Gasteiger partial charge in [-0.2, -0.15) is 0 Å². The van der Waals surface area contributed by atoms with Gasteiger partial charge in [-0.3, -0.25) is 24.0 Å². The minimum absolute atomic E-state index is 0.0415. The molecule has 2 heterocycles. The number of rotatable bonds is 12. The number of nitrogens with one attached hydrogen (secondary N) is 4. The van der Waals surface area contributed by atoms with Gasteiger partial charge in [0, 0.05) is 46.8 Å². The maximum atomic E-state index is 14.0. The monoisotopic (exact) mass is 658 g/mol. The quantitative estimate of drug-likeness (QED) is 0.162. The Kier molecular flexibility index (Phi) is 11.6. The molecule has 1 aromatic heterocycles. The van der Waals surface area contributed by atoms with Gasteiger partial charge < -0.3 is 20.9 Å². The summed E-state index contributed by atoms with van der Waals surface area (Å²) in [5.41, 5.74) is 0.957. The van der Waals surface area contributed by atoms with E-state index in [1.54, 1.807) is 18.2 Å². The molecule has 244 valence electrons. The number of carbonyl (C=O) groups is 5. The lowest BCUT2D eigenvalue weighted by molar-refractivity contribution is -0.142. The van der Waals surface area contributed by atoms with E-state index < -0.39 is 35.5 Å². The van der Waals surface area contributed by atoms with Crippen molar-refractivity contribution in [1.82, 2.24) is 20.9 Å². The Morgan fingerprint density at radius 2 is 1.58 bits per heavy atom. The van der Waals surface area contributed by atoms with Crippen LogP contribution >= 0.6 is 23.2 Å². The highest BCUT2D eigenvalue weighted by atomic mass is 35.5. The molecule has 9 nitrogen and oxygen atoms in total. The number of amides is 3. The standard InChI is InChI=1S/C34H44Cl2N4O5/c35-23-17-26(36)25-19-28(39-27(25)18-23)30(41)16-22(14-20-8-3-1-4-9-20)33(44)40-29(15-21-10-7-13-37-32(21)43)31(42)34(45)38-24-11-5-2-6-12-24/h17-22,24,29,39H,1-16H2,(H,37,43)(H,38,45)(H,40,44)/t21-,22+,29-/m0/s1. The summed E-state index contributed by atoms with van der Waals surface area (Å²) < 4.78 is 0. The van der Waals surface area contributed by atoms with Gasteiger partial charge in [-0.25, -0.2) is 0 Å². The predicted molar refractivity (Wildman–Crippen MR) is 174 cm³/mol. The number of H-pyrrole nitrogens is 1. The number of aromatic amines is 1. The number of carbonyl (C=O) groups excluding carboxylic acids is 5. The zero-order valence-electron chi connectivity index (χ0n) is 25.7. The molecule has 3 amide bonds. The highest BCUT2D eigenvalue weighted by Gasteiger charge is 2.36. The van der Waals surface area contributed by atoms with Crippen LogP contribution in [0.3, 0.4) is 0 Å². The first-order valence-electron chi connectivity index (χ1n) is 16.6. The Bertz CT molecular complexity index is 1410. The van der Waals surface area contributed by atoms with Crippen molar-refractivity contribution in [3.05, 3.63) is 33.9 Å². The largest absolute Gasteiger partial charge is 0.356 e. The highest BCUT2D eigenvalue weighted by molar-refractivity contribution is 6.39. The van der Waals surface area contributed by atoms with Crippen LogP contribution in [0.15, 0.2) is 18.2 Å². The topological polar surface area (TPSA) is 137 Å². The first kappa shape index (κ1) is 33.5. The van der Waals surface area contributed by atoms with Crippen molar-refractivity contribution in [3.63, 3.8) is 0 Å². The molecular formula is C34H44Cl2N4O5. The van der Waals surface area contributed by atoms with Crippen LogP contribution in [0.4, 0.5) is 0 Å². The lowest BCUT2D eigenvalue weighted by atomic mass is 9.80. The molecular weight excluding hydrogens is 615 g/mol. The fourth-order valence-corrected chi connectivity index (χ4v) is 7.83. The van der Waals surface area contributed by atoms with Crippen LogP contribution in [0.2, 0.25) is 10.0 Å². The fourth-order valence-electron chi connectivity index (χ4n) is 7.28. The van der Waals surface area contributed by atoms with Gasteiger partial charge in [0.1, 0.15) is 0 Å². The lowest BCUT2D eigenvalue weighted by Gasteiger charge is -2.29. The van der Waals surface area contributed by atoms with Gasteiger partial charge in [-0.15, -0.1) is 0 Å². The van der Waals surface area contributed by atoms with E-state index in [0.717, 1.165) is 70.6 Å². The van der Waals surface area contributed by atoms with Gasteiger partial charge in [0.25, 0.3) is 5.91 Å². The second kappa shape index (κ2) is 15.6. The Labute approximate surface area is 274 Å². The average molecular weight is 660 g/mol. The van der Waals surface area contributed by atoms with Gasteiger partial charge >= 0.3 is 0 Å². The molecule has 1 aromatic carbocycles. The second-order valence-corrected chi connectivity index (χ2v) is 14.0. The van der Waals surface area contributed by atoms with Crippen molar-refractivity contribution in [3.8, 4) is 0 Å². The van der Waals surface area contributed by atoms with Crippen molar-refractivity contribution in [2.75, 3.05) is 6.54 Å². The van der Waals surface area contributed by atoms with E-state index >= 15 is 0 Å². The minimum atomic E-state index is -1.16.